The highest BCUT2D eigenvalue weighted by molar-refractivity contribution is 7.92. The highest BCUT2D eigenvalue weighted by Gasteiger charge is 2.38. The van der Waals surface area contributed by atoms with Gasteiger partial charge in [0.25, 0.3) is 0 Å². The Bertz CT molecular complexity index is 536. The third-order valence-electron chi connectivity index (χ3n) is 2.98. The summed E-state index contributed by atoms with van der Waals surface area (Å²) in [4.78, 5) is 11.1. The lowest BCUT2D eigenvalue weighted by Crippen LogP contribution is -2.36. The SMILES string of the molecule is CCCC(C)C(C(=O)O)S(=O)(=O)c1ccc(F)cc1. The number of sulfone groups is 1. The summed E-state index contributed by atoms with van der Waals surface area (Å²) in [5.74, 6) is -2.43. The Morgan fingerprint density at radius 1 is 1.32 bits per heavy atom. The maximum atomic E-state index is 12.8. The molecule has 0 fully saturated rings. The molecule has 0 saturated heterocycles. The number of benzene rings is 1. The number of hydrogen-bond acceptors (Lipinski definition) is 3. The molecule has 0 bridgehead atoms. The van der Waals surface area contributed by atoms with Gasteiger partial charge in [0.1, 0.15) is 5.82 Å². The van der Waals surface area contributed by atoms with Crippen molar-refractivity contribution in [3.8, 4) is 0 Å². The van der Waals surface area contributed by atoms with Gasteiger partial charge in [0.05, 0.1) is 4.90 Å². The molecule has 2 unspecified atom stereocenters. The molecule has 106 valence electrons. The first-order chi connectivity index (χ1) is 8.80. The Balaban J connectivity index is 3.20. The van der Waals surface area contributed by atoms with Gasteiger partial charge in [-0.2, -0.15) is 0 Å². The van der Waals surface area contributed by atoms with E-state index in [2.05, 4.69) is 0 Å². The lowest BCUT2D eigenvalue weighted by atomic mass is 10.0. The summed E-state index contributed by atoms with van der Waals surface area (Å²) in [6.45, 7) is 3.46. The van der Waals surface area contributed by atoms with E-state index in [4.69, 9.17) is 5.11 Å². The molecule has 6 heteroatoms. The molecule has 1 aromatic rings. The Morgan fingerprint density at radius 3 is 2.26 bits per heavy atom. The van der Waals surface area contributed by atoms with E-state index in [9.17, 15) is 17.6 Å². The standard InChI is InChI=1S/C13H17FO4S/c1-3-4-9(2)12(13(15)16)19(17,18)11-7-5-10(14)6-8-11/h5-9,12H,3-4H2,1-2H3,(H,15,16). The van der Waals surface area contributed by atoms with Crippen molar-refractivity contribution in [2.45, 2.75) is 36.8 Å². The van der Waals surface area contributed by atoms with Crippen LogP contribution in [0.2, 0.25) is 0 Å². The third-order valence-corrected chi connectivity index (χ3v) is 5.24. The van der Waals surface area contributed by atoms with Crippen molar-refractivity contribution >= 4 is 15.8 Å². The van der Waals surface area contributed by atoms with Gasteiger partial charge in [-0.3, -0.25) is 4.79 Å². The summed E-state index contributed by atoms with van der Waals surface area (Å²) in [5, 5.41) is 7.67. The van der Waals surface area contributed by atoms with Gasteiger partial charge in [0.15, 0.2) is 15.1 Å². The molecule has 1 rings (SSSR count). The molecule has 19 heavy (non-hydrogen) atoms. The molecule has 0 radical (unpaired) electrons. The summed E-state index contributed by atoms with van der Waals surface area (Å²) >= 11 is 0. The fourth-order valence-corrected chi connectivity index (χ4v) is 3.88. The molecule has 0 heterocycles. The van der Waals surface area contributed by atoms with Gasteiger partial charge in [-0.15, -0.1) is 0 Å². The van der Waals surface area contributed by atoms with Crippen LogP contribution in [0.3, 0.4) is 0 Å². The van der Waals surface area contributed by atoms with Gasteiger partial charge in [0, 0.05) is 0 Å². The van der Waals surface area contributed by atoms with Crippen molar-refractivity contribution in [3.05, 3.63) is 30.1 Å². The maximum Gasteiger partial charge on any atom is 0.322 e. The summed E-state index contributed by atoms with van der Waals surface area (Å²) in [6, 6.07) is 4.21. The third kappa shape index (κ3) is 3.53. The van der Waals surface area contributed by atoms with E-state index in [-0.39, 0.29) is 4.90 Å². The van der Waals surface area contributed by atoms with Gasteiger partial charge in [-0.05, 0) is 36.6 Å². The monoisotopic (exact) mass is 288 g/mol. The minimum absolute atomic E-state index is 0.163. The van der Waals surface area contributed by atoms with E-state index >= 15 is 0 Å². The number of carboxylic acids is 1. The Hall–Kier alpha value is -1.43. The number of carbonyl (C=O) groups is 1. The Kier molecular flexibility index (Phi) is 5.05. The first-order valence-corrected chi connectivity index (χ1v) is 7.57. The quantitative estimate of drug-likeness (QED) is 0.816. The molecule has 0 aliphatic carbocycles. The Morgan fingerprint density at radius 2 is 1.84 bits per heavy atom. The van der Waals surface area contributed by atoms with E-state index < -0.39 is 32.8 Å². The first-order valence-electron chi connectivity index (χ1n) is 6.03. The van der Waals surface area contributed by atoms with Crippen molar-refractivity contribution in [2.24, 2.45) is 5.92 Å². The van der Waals surface area contributed by atoms with Gasteiger partial charge < -0.3 is 5.11 Å². The second-order valence-corrected chi connectivity index (χ2v) is 6.59. The summed E-state index contributed by atoms with van der Waals surface area (Å²) in [5.41, 5.74) is 0. The minimum Gasteiger partial charge on any atom is -0.480 e. The van der Waals surface area contributed by atoms with E-state index in [1.807, 2.05) is 6.92 Å². The normalized spacial score (nSPS) is 14.9. The van der Waals surface area contributed by atoms with Crippen LogP contribution in [0.4, 0.5) is 4.39 Å². The van der Waals surface area contributed by atoms with Crippen molar-refractivity contribution < 1.29 is 22.7 Å². The second kappa shape index (κ2) is 6.14. The van der Waals surface area contributed by atoms with E-state index in [0.29, 0.717) is 12.8 Å². The largest absolute Gasteiger partial charge is 0.480 e. The molecule has 0 aromatic heterocycles. The molecule has 0 spiro atoms. The van der Waals surface area contributed by atoms with Crippen LogP contribution >= 0.6 is 0 Å². The topological polar surface area (TPSA) is 71.4 Å². The summed E-state index contributed by atoms with van der Waals surface area (Å²) in [7, 11) is -4.00. The van der Waals surface area contributed by atoms with E-state index in [1.54, 1.807) is 6.92 Å². The molecule has 0 aliphatic heterocycles. The van der Waals surface area contributed by atoms with Crippen molar-refractivity contribution in [2.75, 3.05) is 0 Å². The Labute approximate surface area is 112 Å². The molecular weight excluding hydrogens is 271 g/mol. The fourth-order valence-electron chi connectivity index (χ4n) is 2.06. The van der Waals surface area contributed by atoms with Gasteiger partial charge in [-0.1, -0.05) is 20.3 Å². The molecule has 2 atom stereocenters. The van der Waals surface area contributed by atoms with E-state index in [0.717, 1.165) is 24.3 Å². The predicted molar refractivity (Wildman–Crippen MR) is 69.1 cm³/mol. The second-order valence-electron chi connectivity index (χ2n) is 4.52. The van der Waals surface area contributed by atoms with Crippen LogP contribution in [0.25, 0.3) is 0 Å². The number of hydrogen-bond donors (Lipinski definition) is 1. The number of rotatable bonds is 6. The molecule has 0 amide bonds. The molecule has 1 aromatic carbocycles. The van der Waals surface area contributed by atoms with Crippen LogP contribution < -0.4 is 0 Å². The van der Waals surface area contributed by atoms with E-state index in [1.165, 1.54) is 0 Å². The van der Waals surface area contributed by atoms with Gasteiger partial charge in [0.2, 0.25) is 0 Å². The predicted octanol–water partition coefficient (Wildman–Crippen LogP) is 2.49. The van der Waals surface area contributed by atoms with Crippen LogP contribution in [0.5, 0.6) is 0 Å². The van der Waals surface area contributed by atoms with Crippen molar-refractivity contribution in [1.29, 1.82) is 0 Å². The zero-order chi connectivity index (χ0) is 14.6. The highest BCUT2D eigenvalue weighted by atomic mass is 32.2. The fraction of sp³-hybridized carbons (Fsp3) is 0.462. The average Bonchev–Trinajstić information content (AvgIpc) is 2.28. The first kappa shape index (κ1) is 15.6. The summed E-state index contributed by atoms with van der Waals surface area (Å²) < 4.78 is 37.4. The van der Waals surface area contributed by atoms with Crippen LogP contribution in [0.15, 0.2) is 29.2 Å². The van der Waals surface area contributed by atoms with Gasteiger partial charge in [-0.25, -0.2) is 12.8 Å². The smallest absolute Gasteiger partial charge is 0.322 e. The number of halogens is 1. The zero-order valence-corrected chi connectivity index (χ0v) is 11.7. The molecule has 0 saturated carbocycles. The lowest BCUT2D eigenvalue weighted by molar-refractivity contribution is -0.137. The lowest BCUT2D eigenvalue weighted by Gasteiger charge is -2.20. The van der Waals surface area contributed by atoms with Gasteiger partial charge >= 0.3 is 5.97 Å². The number of carboxylic acid groups (broad SMARTS) is 1. The van der Waals surface area contributed by atoms with Crippen molar-refractivity contribution in [1.82, 2.24) is 0 Å². The minimum atomic E-state index is -4.00. The highest BCUT2D eigenvalue weighted by Crippen LogP contribution is 2.25. The molecule has 1 N–H and O–H groups in total. The van der Waals surface area contributed by atoms with Crippen LogP contribution in [0, 0.1) is 11.7 Å². The summed E-state index contributed by atoms with van der Waals surface area (Å²) in [6.07, 6.45) is 1.20. The number of aliphatic carboxylic acids is 1. The average molecular weight is 288 g/mol. The molecule has 4 nitrogen and oxygen atoms in total. The van der Waals surface area contributed by atoms with Crippen LogP contribution in [0.1, 0.15) is 26.7 Å². The van der Waals surface area contributed by atoms with Crippen LogP contribution in [-0.4, -0.2) is 24.7 Å². The van der Waals surface area contributed by atoms with Crippen molar-refractivity contribution in [3.63, 3.8) is 0 Å². The molecule has 0 aliphatic rings. The maximum absolute atomic E-state index is 12.8. The zero-order valence-electron chi connectivity index (χ0n) is 10.8. The molecular formula is C13H17FO4S. The van der Waals surface area contributed by atoms with Crippen LogP contribution in [-0.2, 0) is 14.6 Å².